The minimum atomic E-state index is -0.564. The summed E-state index contributed by atoms with van der Waals surface area (Å²) < 4.78 is 5.13. The number of hydrogen-bond acceptors (Lipinski definition) is 6. The number of carbonyl (C=O) groups excluding carboxylic acids is 1. The first-order chi connectivity index (χ1) is 9.33. The van der Waals surface area contributed by atoms with Crippen molar-refractivity contribution in [2.75, 3.05) is 5.32 Å². The van der Waals surface area contributed by atoms with Crippen LogP contribution < -0.4 is 5.32 Å². The predicted molar refractivity (Wildman–Crippen MR) is 76.9 cm³/mol. The molecular formula is C13H15N3O3S. The normalized spacial score (nSPS) is 11.2. The molecule has 2 N–H and O–H groups in total. The van der Waals surface area contributed by atoms with Crippen LogP contribution in [0.5, 0.6) is 5.75 Å². The third-order valence-corrected chi connectivity index (χ3v) is 3.03. The van der Waals surface area contributed by atoms with Gasteiger partial charge in [-0.25, -0.2) is 4.79 Å². The molecule has 0 aliphatic heterocycles. The molecular weight excluding hydrogens is 278 g/mol. The van der Waals surface area contributed by atoms with Gasteiger partial charge in [-0.15, -0.1) is 10.2 Å². The number of nitrogens with one attached hydrogen (secondary N) is 1. The number of carbonyl (C=O) groups is 1. The molecule has 1 heterocycles. The highest BCUT2D eigenvalue weighted by Crippen LogP contribution is 2.27. The smallest absolute Gasteiger partial charge is 0.414 e. The summed E-state index contributed by atoms with van der Waals surface area (Å²) in [6.07, 6.45) is -0.564. The molecule has 106 valence electrons. The van der Waals surface area contributed by atoms with E-state index in [2.05, 4.69) is 15.5 Å². The van der Waals surface area contributed by atoms with Gasteiger partial charge in [0.05, 0.1) is 0 Å². The lowest BCUT2D eigenvalue weighted by molar-refractivity contribution is 0.0636. The Bertz CT molecular complexity index is 602. The molecule has 0 bridgehead atoms. The van der Waals surface area contributed by atoms with Gasteiger partial charge >= 0.3 is 6.09 Å². The number of benzene rings is 1. The Morgan fingerprint density at radius 1 is 1.25 bits per heavy atom. The standard InChI is InChI=1S/C13H15N3O3S/c1-13(2,3)19-12(18)14-11-16-15-10(20-11)8-4-6-9(17)7-5-8/h4-7,17H,1-3H3,(H,14,16,18). The fourth-order valence-electron chi connectivity index (χ4n) is 1.39. The number of aromatic hydroxyl groups is 1. The number of amides is 1. The van der Waals surface area contributed by atoms with Gasteiger partial charge in [-0.3, -0.25) is 5.32 Å². The Morgan fingerprint density at radius 2 is 1.90 bits per heavy atom. The van der Waals surface area contributed by atoms with Crippen molar-refractivity contribution in [1.29, 1.82) is 0 Å². The molecule has 6 nitrogen and oxygen atoms in total. The Hall–Kier alpha value is -2.15. The lowest BCUT2D eigenvalue weighted by atomic mass is 10.2. The zero-order chi connectivity index (χ0) is 14.8. The van der Waals surface area contributed by atoms with Gasteiger partial charge in [-0.05, 0) is 45.0 Å². The Balaban J connectivity index is 2.06. The van der Waals surface area contributed by atoms with E-state index in [1.54, 1.807) is 45.0 Å². The zero-order valence-corrected chi connectivity index (χ0v) is 12.2. The fraction of sp³-hybridized carbons (Fsp3) is 0.308. The Labute approximate surface area is 120 Å². The topological polar surface area (TPSA) is 84.3 Å². The summed E-state index contributed by atoms with van der Waals surface area (Å²) in [5.41, 5.74) is 0.256. The summed E-state index contributed by atoms with van der Waals surface area (Å²) in [4.78, 5) is 11.6. The highest BCUT2D eigenvalue weighted by atomic mass is 32.1. The lowest BCUT2D eigenvalue weighted by Gasteiger charge is -2.18. The van der Waals surface area contributed by atoms with Gasteiger partial charge in [0.1, 0.15) is 16.4 Å². The van der Waals surface area contributed by atoms with E-state index in [0.29, 0.717) is 10.1 Å². The van der Waals surface area contributed by atoms with E-state index in [1.165, 1.54) is 11.3 Å². The first-order valence-corrected chi connectivity index (χ1v) is 6.78. The minimum absolute atomic E-state index is 0.186. The SMILES string of the molecule is CC(C)(C)OC(=O)Nc1nnc(-c2ccc(O)cc2)s1. The van der Waals surface area contributed by atoms with Crippen molar-refractivity contribution >= 4 is 22.6 Å². The number of phenols is 1. The van der Waals surface area contributed by atoms with Crippen molar-refractivity contribution in [1.82, 2.24) is 10.2 Å². The van der Waals surface area contributed by atoms with Gasteiger partial charge in [-0.1, -0.05) is 11.3 Å². The molecule has 1 aromatic carbocycles. The molecule has 2 aromatic rings. The number of rotatable bonds is 2. The number of phenolic OH excluding ortho intramolecular Hbond substituents is 1. The third-order valence-electron chi connectivity index (χ3n) is 2.15. The van der Waals surface area contributed by atoms with E-state index >= 15 is 0 Å². The van der Waals surface area contributed by atoms with Crippen molar-refractivity contribution in [2.45, 2.75) is 26.4 Å². The van der Waals surface area contributed by atoms with E-state index in [9.17, 15) is 9.90 Å². The van der Waals surface area contributed by atoms with E-state index < -0.39 is 11.7 Å². The van der Waals surface area contributed by atoms with Crippen LogP contribution in [0.4, 0.5) is 9.93 Å². The molecule has 2 rings (SSSR count). The summed E-state index contributed by atoms with van der Waals surface area (Å²) in [5, 5.41) is 20.6. The van der Waals surface area contributed by atoms with E-state index in [4.69, 9.17) is 4.74 Å². The zero-order valence-electron chi connectivity index (χ0n) is 11.4. The van der Waals surface area contributed by atoms with Crippen LogP contribution in [-0.2, 0) is 4.74 Å². The molecule has 20 heavy (non-hydrogen) atoms. The molecule has 0 spiro atoms. The summed E-state index contributed by atoms with van der Waals surface area (Å²) in [6, 6.07) is 6.59. The Morgan fingerprint density at radius 3 is 2.50 bits per heavy atom. The molecule has 1 aromatic heterocycles. The minimum Gasteiger partial charge on any atom is -0.508 e. The largest absolute Gasteiger partial charge is 0.508 e. The molecule has 0 saturated heterocycles. The van der Waals surface area contributed by atoms with Gasteiger partial charge in [0.15, 0.2) is 0 Å². The maximum Gasteiger partial charge on any atom is 0.414 e. The van der Waals surface area contributed by atoms with Crippen molar-refractivity contribution in [3.63, 3.8) is 0 Å². The van der Waals surface area contributed by atoms with Gasteiger partial charge < -0.3 is 9.84 Å². The molecule has 0 aliphatic rings. The molecule has 7 heteroatoms. The van der Waals surface area contributed by atoms with Crippen LogP contribution in [0, 0.1) is 0 Å². The average Bonchev–Trinajstić information content (AvgIpc) is 2.75. The van der Waals surface area contributed by atoms with Gasteiger partial charge in [0.25, 0.3) is 0 Å². The molecule has 0 aliphatic carbocycles. The molecule has 0 saturated carbocycles. The summed E-state index contributed by atoms with van der Waals surface area (Å²) in [6.45, 7) is 5.36. The van der Waals surface area contributed by atoms with Gasteiger partial charge in [0, 0.05) is 5.56 Å². The van der Waals surface area contributed by atoms with E-state index in [-0.39, 0.29) is 5.75 Å². The predicted octanol–water partition coefficient (Wildman–Crippen LogP) is 3.26. The number of anilines is 1. The van der Waals surface area contributed by atoms with Crippen molar-refractivity contribution in [3.8, 4) is 16.3 Å². The molecule has 0 radical (unpaired) electrons. The number of aromatic nitrogens is 2. The van der Waals surface area contributed by atoms with Gasteiger partial charge in [0.2, 0.25) is 5.13 Å². The summed E-state index contributed by atoms with van der Waals surface area (Å²) >= 11 is 1.23. The highest BCUT2D eigenvalue weighted by Gasteiger charge is 2.17. The van der Waals surface area contributed by atoms with Crippen LogP contribution in [0.15, 0.2) is 24.3 Å². The van der Waals surface area contributed by atoms with Crippen LogP contribution in [-0.4, -0.2) is 27.0 Å². The second-order valence-electron chi connectivity index (χ2n) is 5.09. The lowest BCUT2D eigenvalue weighted by Crippen LogP contribution is -2.27. The van der Waals surface area contributed by atoms with Crippen molar-refractivity contribution in [3.05, 3.63) is 24.3 Å². The highest BCUT2D eigenvalue weighted by molar-refractivity contribution is 7.18. The first-order valence-electron chi connectivity index (χ1n) is 5.96. The van der Waals surface area contributed by atoms with Crippen LogP contribution in [0.2, 0.25) is 0 Å². The van der Waals surface area contributed by atoms with Gasteiger partial charge in [-0.2, -0.15) is 0 Å². The molecule has 0 fully saturated rings. The quantitative estimate of drug-likeness (QED) is 0.887. The Kier molecular flexibility index (Phi) is 3.89. The second kappa shape index (κ2) is 5.46. The van der Waals surface area contributed by atoms with Crippen LogP contribution >= 0.6 is 11.3 Å². The van der Waals surface area contributed by atoms with E-state index in [1.807, 2.05) is 0 Å². The maximum atomic E-state index is 11.6. The van der Waals surface area contributed by atoms with E-state index in [0.717, 1.165) is 5.56 Å². The fourth-order valence-corrected chi connectivity index (χ4v) is 2.12. The molecule has 1 amide bonds. The van der Waals surface area contributed by atoms with Crippen LogP contribution in [0.1, 0.15) is 20.8 Å². The van der Waals surface area contributed by atoms with Crippen molar-refractivity contribution in [2.24, 2.45) is 0 Å². The molecule has 0 atom stereocenters. The summed E-state index contributed by atoms with van der Waals surface area (Å²) in [7, 11) is 0. The molecule has 0 unspecified atom stereocenters. The monoisotopic (exact) mass is 293 g/mol. The van der Waals surface area contributed by atoms with Crippen molar-refractivity contribution < 1.29 is 14.6 Å². The maximum absolute atomic E-state index is 11.6. The first kappa shape index (κ1) is 14.3. The van der Waals surface area contributed by atoms with Crippen LogP contribution in [0.3, 0.4) is 0 Å². The number of ether oxygens (including phenoxy) is 1. The number of hydrogen-bond donors (Lipinski definition) is 2. The average molecular weight is 293 g/mol. The number of nitrogens with zero attached hydrogens (tertiary/aromatic N) is 2. The third kappa shape index (κ3) is 3.92. The van der Waals surface area contributed by atoms with Crippen LogP contribution in [0.25, 0.3) is 10.6 Å². The summed E-state index contributed by atoms with van der Waals surface area (Å²) in [5.74, 6) is 0.186. The second-order valence-corrected chi connectivity index (χ2v) is 6.06.